The number of halogens is 1. The average molecular weight is 453 g/mol. The Labute approximate surface area is 182 Å². The molecule has 0 aliphatic heterocycles. The first kappa shape index (κ1) is 18.4. The summed E-state index contributed by atoms with van der Waals surface area (Å²) < 4.78 is 31.9. The fourth-order valence-electron chi connectivity index (χ4n) is 2.33. The van der Waals surface area contributed by atoms with Crippen molar-refractivity contribution in [1.29, 1.82) is 0 Å². The van der Waals surface area contributed by atoms with E-state index in [0.717, 1.165) is 6.07 Å². The normalized spacial score (nSPS) is 13.2. The fourth-order valence-corrected chi connectivity index (χ4v) is 4.44. The Morgan fingerprint density at radius 2 is 1.41 bits per heavy atom. The van der Waals surface area contributed by atoms with Crippen molar-refractivity contribution in [1.82, 2.24) is 0 Å². The van der Waals surface area contributed by atoms with Crippen LogP contribution in [0.25, 0.3) is 0 Å². The summed E-state index contributed by atoms with van der Waals surface area (Å²) in [5.41, 5.74) is 0.704. The third-order valence-electron chi connectivity index (χ3n) is 3.27. The Morgan fingerprint density at radius 3 is 1.95 bits per heavy atom. The zero-order chi connectivity index (χ0) is 15.4. The summed E-state index contributed by atoms with van der Waals surface area (Å²) in [5, 5.41) is 0. The number of hydrogen-bond donors (Lipinski definition) is 1. The molecule has 1 aliphatic carbocycles. The Kier molecular flexibility index (Phi) is 5.45. The molecule has 2 aromatic carbocycles. The number of rotatable bonds is 1. The third kappa shape index (κ3) is 2.91. The van der Waals surface area contributed by atoms with E-state index in [4.69, 9.17) is 0 Å². The van der Waals surface area contributed by atoms with Gasteiger partial charge in [-0.3, -0.25) is 14.1 Å². The van der Waals surface area contributed by atoms with Crippen molar-refractivity contribution < 1.29 is 22.6 Å². The molecule has 0 amide bonds. The van der Waals surface area contributed by atoms with E-state index in [0.29, 0.717) is 5.56 Å². The van der Waals surface area contributed by atoms with Crippen molar-refractivity contribution in [3.63, 3.8) is 0 Å². The van der Waals surface area contributed by atoms with Gasteiger partial charge < -0.3 is 0 Å². The van der Waals surface area contributed by atoms with Crippen LogP contribution < -0.4 is 0 Å². The van der Waals surface area contributed by atoms with Gasteiger partial charge in [0.2, 0.25) is 0 Å². The van der Waals surface area contributed by atoms with Crippen LogP contribution in [-0.2, 0) is 10.1 Å². The van der Waals surface area contributed by atoms with Gasteiger partial charge in [-0.05, 0) is 34.7 Å². The molecule has 5 nitrogen and oxygen atoms in total. The largest absolute Gasteiger partial charge is 0.295 e. The quantitative estimate of drug-likeness (QED) is 0.346. The van der Waals surface area contributed by atoms with E-state index in [2.05, 4.69) is 0 Å². The zero-order valence-corrected chi connectivity index (χ0v) is 17.4. The molecule has 0 aromatic heterocycles. The van der Waals surface area contributed by atoms with Gasteiger partial charge in [0.25, 0.3) is 10.1 Å². The van der Waals surface area contributed by atoms with Crippen LogP contribution >= 0.6 is 22.6 Å². The average Bonchev–Trinajstić information content (AvgIpc) is 2.43. The maximum atomic E-state index is 12.5. The van der Waals surface area contributed by atoms with Crippen LogP contribution in [0.15, 0.2) is 41.3 Å². The standard InChI is InChI=1S/C14H7IO5S.K/c15-12-10(21(18,19)20)6-5-9-11(12)14(17)8-4-2-1-3-7(8)13(9)16;/h1-6H,(H,18,19,20);. The molecule has 1 N–H and O–H groups in total. The summed E-state index contributed by atoms with van der Waals surface area (Å²) in [7, 11) is -4.46. The van der Waals surface area contributed by atoms with Crippen molar-refractivity contribution in [3.8, 4) is 0 Å². The minimum atomic E-state index is -4.46. The molecule has 0 atom stereocenters. The van der Waals surface area contributed by atoms with Crippen molar-refractivity contribution in [3.05, 3.63) is 62.2 Å². The van der Waals surface area contributed by atoms with Gasteiger partial charge in [-0.25, -0.2) is 0 Å². The maximum absolute atomic E-state index is 12.5. The molecule has 22 heavy (non-hydrogen) atoms. The Bertz CT molecular complexity index is 921. The molecule has 8 heteroatoms. The molecule has 0 fully saturated rings. The molecular formula is C14H7IKO5S. The maximum Gasteiger partial charge on any atom is 0.295 e. The molecule has 0 spiro atoms. The van der Waals surface area contributed by atoms with Gasteiger partial charge in [-0.1, -0.05) is 24.3 Å². The van der Waals surface area contributed by atoms with Crippen LogP contribution in [0.4, 0.5) is 0 Å². The molecule has 0 saturated carbocycles. The molecule has 0 bridgehead atoms. The van der Waals surface area contributed by atoms with Gasteiger partial charge in [0.1, 0.15) is 4.90 Å². The summed E-state index contributed by atoms with van der Waals surface area (Å²) >= 11 is 1.66. The van der Waals surface area contributed by atoms with Gasteiger partial charge in [-0.2, -0.15) is 8.42 Å². The van der Waals surface area contributed by atoms with Crippen molar-refractivity contribution in [2.75, 3.05) is 0 Å². The van der Waals surface area contributed by atoms with E-state index in [1.807, 2.05) is 0 Å². The monoisotopic (exact) mass is 453 g/mol. The second kappa shape index (κ2) is 6.52. The number of carbonyl (C=O) groups excluding carboxylic acids is 2. The summed E-state index contributed by atoms with van der Waals surface area (Å²) in [5.74, 6) is -0.755. The fraction of sp³-hybridized carbons (Fsp3) is 0. The predicted octanol–water partition coefficient (Wildman–Crippen LogP) is 1.93. The molecule has 2 aromatic rings. The molecule has 1 aliphatic rings. The van der Waals surface area contributed by atoms with E-state index in [9.17, 15) is 22.6 Å². The van der Waals surface area contributed by atoms with Crippen LogP contribution in [0.1, 0.15) is 31.8 Å². The minimum Gasteiger partial charge on any atom is -0.289 e. The van der Waals surface area contributed by atoms with Gasteiger partial charge in [0.05, 0.1) is 0 Å². The summed E-state index contributed by atoms with van der Waals surface area (Å²) in [6, 6.07) is 8.77. The number of fused-ring (bicyclic) bond motifs is 2. The number of hydrogen-bond acceptors (Lipinski definition) is 4. The number of benzene rings is 2. The van der Waals surface area contributed by atoms with E-state index in [1.54, 1.807) is 40.8 Å². The van der Waals surface area contributed by atoms with Crippen LogP contribution in [0.2, 0.25) is 0 Å². The summed E-state index contributed by atoms with van der Waals surface area (Å²) in [6.45, 7) is 0. The van der Waals surface area contributed by atoms with Crippen LogP contribution in [0, 0.1) is 3.57 Å². The molecule has 1 radical (unpaired) electrons. The first-order valence-electron chi connectivity index (χ1n) is 5.81. The Hall–Kier alpha value is 0.0564. The van der Waals surface area contributed by atoms with E-state index in [1.165, 1.54) is 12.1 Å². The van der Waals surface area contributed by atoms with E-state index >= 15 is 0 Å². The first-order chi connectivity index (χ1) is 9.82. The molecular weight excluding hydrogens is 446 g/mol. The molecule has 0 heterocycles. The van der Waals surface area contributed by atoms with Gasteiger partial charge >= 0.3 is 0 Å². The smallest absolute Gasteiger partial charge is 0.289 e. The van der Waals surface area contributed by atoms with E-state index < -0.39 is 15.9 Å². The molecule has 3 rings (SSSR count). The number of ketones is 2. The van der Waals surface area contributed by atoms with Crippen LogP contribution in [-0.4, -0.2) is 75.9 Å². The molecule has 107 valence electrons. The Morgan fingerprint density at radius 1 is 0.864 bits per heavy atom. The van der Waals surface area contributed by atoms with Crippen LogP contribution in [0.3, 0.4) is 0 Å². The summed E-state index contributed by atoms with van der Waals surface area (Å²) in [6.07, 6.45) is 0. The Balaban J connectivity index is 0.00000176. The molecule has 0 saturated heterocycles. The predicted molar refractivity (Wildman–Crippen MR) is 88.0 cm³/mol. The molecule has 0 unspecified atom stereocenters. The second-order valence-corrected chi connectivity index (χ2v) is 6.95. The second-order valence-electron chi connectivity index (χ2n) is 4.48. The third-order valence-corrected chi connectivity index (χ3v) is 5.65. The first-order valence-corrected chi connectivity index (χ1v) is 8.32. The summed E-state index contributed by atoms with van der Waals surface area (Å²) in [4.78, 5) is 24.5. The minimum absolute atomic E-state index is 0. The van der Waals surface area contributed by atoms with Crippen molar-refractivity contribution in [2.45, 2.75) is 4.90 Å². The van der Waals surface area contributed by atoms with E-state index in [-0.39, 0.29) is 82.3 Å². The zero-order valence-electron chi connectivity index (χ0n) is 11.3. The van der Waals surface area contributed by atoms with Crippen molar-refractivity contribution >= 4 is 95.7 Å². The SMILES string of the molecule is O=C1c2ccccc2C(=O)c2c1ccc(S(=O)(=O)O)c2I.[K]. The van der Waals surface area contributed by atoms with Crippen LogP contribution in [0.5, 0.6) is 0 Å². The van der Waals surface area contributed by atoms with Gasteiger partial charge in [0.15, 0.2) is 11.6 Å². The topological polar surface area (TPSA) is 88.5 Å². The van der Waals surface area contributed by atoms with Gasteiger partial charge in [0, 0.05) is 77.2 Å². The van der Waals surface area contributed by atoms with Gasteiger partial charge in [-0.15, -0.1) is 0 Å². The van der Waals surface area contributed by atoms with Crippen molar-refractivity contribution in [2.24, 2.45) is 0 Å². The number of carbonyl (C=O) groups is 2.